The Balaban J connectivity index is 2.27. The fraction of sp³-hybridized carbons (Fsp3) is 0.900. The molecule has 1 saturated carbocycles. The van der Waals surface area contributed by atoms with E-state index in [9.17, 15) is 4.79 Å². The van der Waals surface area contributed by atoms with Crippen molar-refractivity contribution in [1.29, 1.82) is 0 Å². The average molecular weight is 201 g/mol. The Bertz CT molecular complexity index is 180. The predicted octanol–water partition coefficient (Wildman–Crippen LogP) is 2.00. The summed E-state index contributed by atoms with van der Waals surface area (Å²) in [6, 6.07) is 0.403. The van der Waals surface area contributed by atoms with Crippen LogP contribution in [0.25, 0.3) is 0 Å². The molecule has 1 aliphatic carbocycles. The lowest BCUT2D eigenvalue weighted by Crippen LogP contribution is -2.36. The average Bonchev–Trinajstić information content (AvgIpc) is 2.94. The minimum atomic E-state index is 0.355. The number of carbonyl (C=O) groups excluding carboxylic acids is 1. The van der Waals surface area contributed by atoms with E-state index in [1.807, 2.05) is 23.7 Å². The normalized spacial score (nSPS) is 18.4. The molecule has 2 nitrogen and oxygen atoms in total. The van der Waals surface area contributed by atoms with Gasteiger partial charge in [0.1, 0.15) is 0 Å². The van der Waals surface area contributed by atoms with Gasteiger partial charge >= 0.3 is 0 Å². The first kappa shape index (κ1) is 10.9. The van der Waals surface area contributed by atoms with Crippen molar-refractivity contribution in [1.82, 2.24) is 4.90 Å². The smallest absolute Gasteiger partial charge is 0.225 e. The molecule has 3 heteroatoms. The fourth-order valence-corrected chi connectivity index (χ4v) is 1.89. The number of hydrogen-bond donors (Lipinski definition) is 0. The van der Waals surface area contributed by atoms with E-state index in [1.54, 1.807) is 0 Å². The minimum absolute atomic E-state index is 0.355. The van der Waals surface area contributed by atoms with E-state index in [0.717, 1.165) is 25.0 Å². The third-order valence-corrected chi connectivity index (χ3v) is 3.32. The highest BCUT2D eigenvalue weighted by atomic mass is 32.2. The molecule has 1 unspecified atom stereocenters. The van der Waals surface area contributed by atoms with Crippen LogP contribution in [0.2, 0.25) is 0 Å². The molecule has 0 N–H and O–H groups in total. The molecule has 0 spiro atoms. The van der Waals surface area contributed by atoms with Crippen molar-refractivity contribution in [2.75, 3.05) is 19.1 Å². The van der Waals surface area contributed by atoms with Gasteiger partial charge in [0.2, 0.25) is 5.91 Å². The Labute approximate surface area is 85.1 Å². The first-order chi connectivity index (χ1) is 6.16. The molecule has 0 heterocycles. The Morgan fingerprint density at radius 1 is 1.62 bits per heavy atom. The van der Waals surface area contributed by atoms with Gasteiger partial charge in [-0.3, -0.25) is 4.79 Å². The second-order valence-electron chi connectivity index (χ2n) is 3.85. The second-order valence-corrected chi connectivity index (χ2v) is 4.84. The summed E-state index contributed by atoms with van der Waals surface area (Å²) in [5.74, 6) is 1.86. The zero-order valence-electron chi connectivity index (χ0n) is 8.75. The standard InChI is InChI=1S/C10H19NOS/c1-8(6-7-13-3)11(2)10(12)9-4-5-9/h8-9H,4-7H2,1-3H3. The third kappa shape index (κ3) is 3.22. The highest BCUT2D eigenvalue weighted by molar-refractivity contribution is 7.98. The molecule has 0 aliphatic heterocycles. The Morgan fingerprint density at radius 3 is 2.69 bits per heavy atom. The van der Waals surface area contributed by atoms with Crippen LogP contribution in [0.4, 0.5) is 0 Å². The van der Waals surface area contributed by atoms with Gasteiger partial charge in [-0.1, -0.05) is 0 Å². The van der Waals surface area contributed by atoms with E-state index < -0.39 is 0 Å². The number of nitrogens with zero attached hydrogens (tertiary/aromatic N) is 1. The second kappa shape index (κ2) is 4.89. The summed E-state index contributed by atoms with van der Waals surface area (Å²) in [6.07, 6.45) is 5.43. The molecule has 0 saturated heterocycles. The van der Waals surface area contributed by atoms with Crippen LogP contribution in [0, 0.1) is 5.92 Å². The van der Waals surface area contributed by atoms with E-state index in [-0.39, 0.29) is 0 Å². The number of rotatable bonds is 5. The van der Waals surface area contributed by atoms with Gasteiger partial charge in [0.25, 0.3) is 0 Å². The van der Waals surface area contributed by atoms with Crippen LogP contribution in [0.1, 0.15) is 26.2 Å². The zero-order valence-corrected chi connectivity index (χ0v) is 9.56. The van der Waals surface area contributed by atoms with Crippen LogP contribution < -0.4 is 0 Å². The molecule has 1 atom stereocenters. The van der Waals surface area contributed by atoms with Crippen molar-refractivity contribution in [3.8, 4) is 0 Å². The Hall–Kier alpha value is -0.180. The molecule has 0 aromatic heterocycles. The fourth-order valence-electron chi connectivity index (χ4n) is 1.32. The van der Waals surface area contributed by atoms with Crippen molar-refractivity contribution in [2.45, 2.75) is 32.2 Å². The summed E-state index contributed by atoms with van der Waals surface area (Å²) >= 11 is 1.85. The molecule has 0 bridgehead atoms. The predicted molar refractivity (Wildman–Crippen MR) is 58.0 cm³/mol. The Morgan fingerprint density at radius 2 is 2.23 bits per heavy atom. The highest BCUT2D eigenvalue weighted by Gasteiger charge is 2.33. The summed E-state index contributed by atoms with van der Waals surface area (Å²) in [6.45, 7) is 2.14. The molecule has 76 valence electrons. The summed E-state index contributed by atoms with van der Waals surface area (Å²) in [5.41, 5.74) is 0. The monoisotopic (exact) mass is 201 g/mol. The van der Waals surface area contributed by atoms with Crippen LogP contribution in [0.15, 0.2) is 0 Å². The minimum Gasteiger partial charge on any atom is -0.343 e. The molecule has 0 aromatic rings. The molecule has 0 aromatic carbocycles. The van der Waals surface area contributed by atoms with Crippen LogP contribution in [0.3, 0.4) is 0 Å². The van der Waals surface area contributed by atoms with Gasteiger partial charge in [-0.2, -0.15) is 11.8 Å². The first-order valence-electron chi connectivity index (χ1n) is 4.92. The van der Waals surface area contributed by atoms with Gasteiger partial charge in [0.05, 0.1) is 0 Å². The molecule has 13 heavy (non-hydrogen) atoms. The number of amides is 1. The number of thioether (sulfide) groups is 1. The summed E-state index contributed by atoms with van der Waals surface area (Å²) in [4.78, 5) is 13.6. The largest absolute Gasteiger partial charge is 0.343 e. The first-order valence-corrected chi connectivity index (χ1v) is 6.31. The molecular weight excluding hydrogens is 182 g/mol. The van der Waals surface area contributed by atoms with Crippen molar-refractivity contribution in [3.05, 3.63) is 0 Å². The maximum Gasteiger partial charge on any atom is 0.225 e. The van der Waals surface area contributed by atoms with Crippen LogP contribution in [0.5, 0.6) is 0 Å². The maximum absolute atomic E-state index is 11.6. The number of carbonyl (C=O) groups is 1. The van der Waals surface area contributed by atoms with E-state index in [4.69, 9.17) is 0 Å². The summed E-state index contributed by atoms with van der Waals surface area (Å²) < 4.78 is 0. The Kier molecular flexibility index (Phi) is 4.10. The molecule has 1 rings (SSSR count). The van der Waals surface area contributed by atoms with E-state index in [0.29, 0.717) is 17.9 Å². The van der Waals surface area contributed by atoms with Gasteiger partial charge in [-0.25, -0.2) is 0 Å². The van der Waals surface area contributed by atoms with Crippen LogP contribution in [-0.4, -0.2) is 35.9 Å². The quantitative estimate of drug-likeness (QED) is 0.678. The van der Waals surface area contributed by atoms with Gasteiger partial charge in [-0.15, -0.1) is 0 Å². The van der Waals surface area contributed by atoms with Gasteiger partial charge in [0, 0.05) is 19.0 Å². The molecule has 1 amide bonds. The van der Waals surface area contributed by atoms with Crippen LogP contribution >= 0.6 is 11.8 Å². The molecule has 1 fully saturated rings. The third-order valence-electron chi connectivity index (χ3n) is 2.68. The van der Waals surface area contributed by atoms with Crippen molar-refractivity contribution >= 4 is 17.7 Å². The van der Waals surface area contributed by atoms with Gasteiger partial charge in [0.15, 0.2) is 0 Å². The molecule has 1 aliphatic rings. The molecule has 0 radical (unpaired) electrons. The lowest BCUT2D eigenvalue weighted by atomic mass is 10.2. The van der Waals surface area contributed by atoms with E-state index >= 15 is 0 Å². The van der Waals surface area contributed by atoms with E-state index in [1.165, 1.54) is 0 Å². The summed E-state index contributed by atoms with van der Waals surface area (Å²) in [5, 5.41) is 0. The lowest BCUT2D eigenvalue weighted by Gasteiger charge is -2.24. The van der Waals surface area contributed by atoms with Crippen molar-refractivity contribution in [3.63, 3.8) is 0 Å². The van der Waals surface area contributed by atoms with Crippen LogP contribution in [-0.2, 0) is 4.79 Å². The lowest BCUT2D eigenvalue weighted by molar-refractivity contribution is -0.133. The van der Waals surface area contributed by atoms with Gasteiger partial charge in [-0.05, 0) is 38.2 Å². The molecular formula is C10H19NOS. The maximum atomic E-state index is 11.6. The van der Waals surface area contributed by atoms with Gasteiger partial charge < -0.3 is 4.90 Å². The highest BCUT2D eigenvalue weighted by Crippen LogP contribution is 2.31. The topological polar surface area (TPSA) is 20.3 Å². The van der Waals surface area contributed by atoms with E-state index in [2.05, 4.69) is 13.2 Å². The number of hydrogen-bond acceptors (Lipinski definition) is 2. The summed E-state index contributed by atoms with van der Waals surface area (Å²) in [7, 11) is 1.94. The van der Waals surface area contributed by atoms with Crippen molar-refractivity contribution in [2.24, 2.45) is 5.92 Å². The zero-order chi connectivity index (χ0) is 9.84. The SMILES string of the molecule is CSCCC(C)N(C)C(=O)C1CC1. The van der Waals surface area contributed by atoms with Crippen molar-refractivity contribution < 1.29 is 4.79 Å².